The van der Waals surface area contributed by atoms with Gasteiger partial charge in [0.2, 0.25) is 5.91 Å². The van der Waals surface area contributed by atoms with Crippen LogP contribution >= 0.6 is 11.3 Å². The minimum atomic E-state index is -0.638. The molecule has 5 heteroatoms. The van der Waals surface area contributed by atoms with Gasteiger partial charge in [-0.1, -0.05) is 0 Å². The van der Waals surface area contributed by atoms with Crippen molar-refractivity contribution in [3.05, 3.63) is 16.0 Å². The molecule has 0 radical (unpaired) electrons. The van der Waals surface area contributed by atoms with Gasteiger partial charge in [-0.3, -0.25) is 4.79 Å². The number of thiophene rings is 1. The summed E-state index contributed by atoms with van der Waals surface area (Å²) in [6, 6.07) is 2.23. The third-order valence-corrected chi connectivity index (χ3v) is 4.66. The summed E-state index contributed by atoms with van der Waals surface area (Å²) in [5.41, 5.74) is 1.16. The minimum Gasteiger partial charge on any atom is -0.315 e. The molecule has 0 unspecified atom stereocenters. The molecular weight excluding hydrogens is 246 g/mol. The molecule has 2 N–H and O–H groups in total. The van der Waals surface area contributed by atoms with Gasteiger partial charge in [0, 0.05) is 4.88 Å². The van der Waals surface area contributed by atoms with Crippen molar-refractivity contribution in [2.45, 2.75) is 38.6 Å². The normalized spacial score (nSPS) is 14.1. The van der Waals surface area contributed by atoms with Gasteiger partial charge in [0.1, 0.15) is 11.1 Å². The molecule has 18 heavy (non-hydrogen) atoms. The Morgan fingerprint density at radius 2 is 2.17 bits per heavy atom. The molecule has 0 bridgehead atoms. The second-order valence-corrected chi connectivity index (χ2v) is 6.11. The number of hydrogen-bond acceptors (Lipinski definition) is 4. The molecule has 0 atom stereocenters. The van der Waals surface area contributed by atoms with Gasteiger partial charge >= 0.3 is 0 Å². The lowest BCUT2D eigenvalue weighted by Gasteiger charge is -2.22. The van der Waals surface area contributed by atoms with E-state index in [9.17, 15) is 10.1 Å². The molecular formula is C13H17N3OS. The number of aryl methyl sites for hydroxylation is 1. The molecule has 1 aliphatic rings. The smallest absolute Gasteiger partial charge is 0.244 e. The van der Waals surface area contributed by atoms with E-state index >= 15 is 0 Å². The molecule has 4 nitrogen and oxygen atoms in total. The maximum absolute atomic E-state index is 12.1. The molecule has 0 fully saturated rings. The lowest BCUT2D eigenvalue weighted by molar-refractivity contribution is -0.121. The van der Waals surface area contributed by atoms with Crippen molar-refractivity contribution in [1.82, 2.24) is 5.32 Å². The molecule has 1 aromatic rings. The van der Waals surface area contributed by atoms with E-state index in [0.29, 0.717) is 10.6 Å². The Kier molecular flexibility index (Phi) is 3.42. The van der Waals surface area contributed by atoms with Crippen LogP contribution < -0.4 is 10.6 Å². The van der Waals surface area contributed by atoms with Gasteiger partial charge in [-0.05, 0) is 45.7 Å². The Morgan fingerprint density at radius 3 is 2.78 bits per heavy atom. The fourth-order valence-electron chi connectivity index (χ4n) is 1.98. The van der Waals surface area contributed by atoms with Gasteiger partial charge in [-0.25, -0.2) is 0 Å². The van der Waals surface area contributed by atoms with Gasteiger partial charge in [-0.15, -0.1) is 11.3 Å². The number of nitriles is 1. The van der Waals surface area contributed by atoms with Crippen molar-refractivity contribution in [3.8, 4) is 6.07 Å². The van der Waals surface area contributed by atoms with Crippen LogP contribution in [0.15, 0.2) is 0 Å². The summed E-state index contributed by atoms with van der Waals surface area (Å²) in [5.74, 6) is -0.110. The van der Waals surface area contributed by atoms with Crippen LogP contribution in [0.1, 0.15) is 36.3 Å². The number of hydrogen-bond donors (Lipinski definition) is 2. The summed E-state index contributed by atoms with van der Waals surface area (Å²) >= 11 is 1.55. The average Bonchev–Trinajstić information content (AvgIpc) is 2.88. The predicted molar refractivity (Wildman–Crippen MR) is 72.8 cm³/mol. The maximum Gasteiger partial charge on any atom is 0.244 e. The highest BCUT2D eigenvalue weighted by Crippen LogP contribution is 2.38. The van der Waals surface area contributed by atoms with Crippen molar-refractivity contribution >= 4 is 22.2 Å². The number of nitrogens with zero attached hydrogens (tertiary/aromatic N) is 1. The second kappa shape index (κ2) is 4.71. The molecule has 0 spiro atoms. The first-order valence-corrected chi connectivity index (χ1v) is 6.86. The molecule has 0 saturated heterocycles. The molecule has 0 aromatic carbocycles. The zero-order chi connectivity index (χ0) is 13.3. The van der Waals surface area contributed by atoms with Gasteiger partial charge < -0.3 is 10.6 Å². The SMILES string of the molecule is CNC(C)(C)C(=O)Nc1sc2c(c1C#N)CCC2. The quantitative estimate of drug-likeness (QED) is 0.877. The Bertz CT molecular complexity index is 525. The number of likely N-dealkylation sites (N-methyl/N-ethyl adjacent to an activating group) is 1. The molecule has 0 aliphatic heterocycles. The van der Waals surface area contributed by atoms with Crippen molar-refractivity contribution < 1.29 is 4.79 Å². The monoisotopic (exact) mass is 263 g/mol. The van der Waals surface area contributed by atoms with Crippen molar-refractivity contribution in [2.75, 3.05) is 12.4 Å². The molecule has 2 rings (SSSR count). The zero-order valence-corrected chi connectivity index (χ0v) is 11.7. The van der Waals surface area contributed by atoms with E-state index < -0.39 is 5.54 Å². The van der Waals surface area contributed by atoms with Gasteiger partial charge in [-0.2, -0.15) is 5.26 Å². The number of carbonyl (C=O) groups is 1. The molecule has 0 saturated carbocycles. The highest BCUT2D eigenvalue weighted by Gasteiger charge is 2.28. The molecule has 1 aliphatic carbocycles. The summed E-state index contributed by atoms with van der Waals surface area (Å²) in [6.07, 6.45) is 3.10. The van der Waals surface area contributed by atoms with E-state index in [1.807, 2.05) is 13.8 Å². The topological polar surface area (TPSA) is 64.9 Å². The highest BCUT2D eigenvalue weighted by molar-refractivity contribution is 7.16. The van der Waals surface area contributed by atoms with Crippen LogP contribution in [0.2, 0.25) is 0 Å². The first kappa shape index (κ1) is 13.1. The first-order valence-electron chi connectivity index (χ1n) is 6.04. The van der Waals surface area contributed by atoms with Crippen LogP contribution in [-0.2, 0) is 17.6 Å². The Labute approximate surface area is 111 Å². The summed E-state index contributed by atoms with van der Waals surface area (Å²) in [4.78, 5) is 13.3. The summed E-state index contributed by atoms with van der Waals surface area (Å²) < 4.78 is 0. The maximum atomic E-state index is 12.1. The lowest BCUT2D eigenvalue weighted by Crippen LogP contribution is -2.47. The van der Waals surface area contributed by atoms with E-state index in [4.69, 9.17) is 0 Å². The largest absolute Gasteiger partial charge is 0.315 e. The van der Waals surface area contributed by atoms with Gasteiger partial charge in [0.25, 0.3) is 0 Å². The number of amides is 1. The van der Waals surface area contributed by atoms with Crippen LogP contribution in [0.25, 0.3) is 0 Å². The number of rotatable bonds is 3. The van der Waals surface area contributed by atoms with Gasteiger partial charge in [0.15, 0.2) is 0 Å². The third-order valence-electron chi connectivity index (χ3n) is 3.45. The van der Waals surface area contributed by atoms with Crippen LogP contribution in [0.5, 0.6) is 0 Å². The fraction of sp³-hybridized carbons (Fsp3) is 0.538. The Hall–Kier alpha value is -1.38. The number of nitrogens with one attached hydrogen (secondary N) is 2. The molecule has 1 heterocycles. The standard InChI is InChI=1S/C13H17N3OS/c1-13(2,15-3)12(17)16-11-9(7-14)8-5-4-6-10(8)18-11/h15H,4-6H2,1-3H3,(H,16,17). The van der Waals surface area contributed by atoms with E-state index in [0.717, 1.165) is 24.8 Å². The van der Waals surface area contributed by atoms with Crippen LogP contribution in [0.3, 0.4) is 0 Å². The van der Waals surface area contributed by atoms with E-state index in [-0.39, 0.29) is 5.91 Å². The van der Waals surface area contributed by atoms with Crippen molar-refractivity contribution in [3.63, 3.8) is 0 Å². The Morgan fingerprint density at radius 1 is 1.44 bits per heavy atom. The average molecular weight is 263 g/mol. The summed E-state index contributed by atoms with van der Waals surface area (Å²) in [6.45, 7) is 3.63. The van der Waals surface area contributed by atoms with E-state index in [1.54, 1.807) is 18.4 Å². The number of carbonyl (C=O) groups excluding carboxylic acids is 1. The summed E-state index contributed by atoms with van der Waals surface area (Å²) in [7, 11) is 1.75. The van der Waals surface area contributed by atoms with Crippen molar-refractivity contribution in [2.24, 2.45) is 0 Å². The minimum absolute atomic E-state index is 0.110. The highest BCUT2D eigenvalue weighted by atomic mass is 32.1. The third kappa shape index (κ3) is 2.14. The van der Waals surface area contributed by atoms with Crippen LogP contribution in [0.4, 0.5) is 5.00 Å². The molecule has 1 aromatic heterocycles. The van der Waals surface area contributed by atoms with Gasteiger partial charge in [0.05, 0.1) is 11.1 Å². The molecule has 1 amide bonds. The molecule has 96 valence electrons. The van der Waals surface area contributed by atoms with Crippen LogP contribution in [0, 0.1) is 11.3 Å². The summed E-state index contributed by atoms with van der Waals surface area (Å²) in [5, 5.41) is 15.8. The van der Waals surface area contributed by atoms with E-state index in [2.05, 4.69) is 16.7 Å². The number of fused-ring (bicyclic) bond motifs is 1. The lowest BCUT2D eigenvalue weighted by atomic mass is 10.1. The second-order valence-electron chi connectivity index (χ2n) is 5.00. The Balaban J connectivity index is 2.26. The van der Waals surface area contributed by atoms with Crippen LogP contribution in [-0.4, -0.2) is 18.5 Å². The zero-order valence-electron chi connectivity index (χ0n) is 10.9. The fourth-order valence-corrected chi connectivity index (χ4v) is 3.22. The van der Waals surface area contributed by atoms with E-state index in [1.165, 1.54) is 4.88 Å². The predicted octanol–water partition coefficient (Wildman–Crippen LogP) is 2.04. The van der Waals surface area contributed by atoms with Crippen molar-refractivity contribution in [1.29, 1.82) is 5.26 Å². The number of anilines is 1. The first-order chi connectivity index (χ1) is 8.49.